The van der Waals surface area contributed by atoms with E-state index in [4.69, 9.17) is 8.92 Å². The lowest BCUT2D eigenvalue weighted by molar-refractivity contribution is 0.120. The van der Waals surface area contributed by atoms with E-state index in [-0.39, 0.29) is 6.10 Å². The number of hydrogen-bond acceptors (Lipinski definition) is 3. The Balaban J connectivity index is 2.03. The van der Waals surface area contributed by atoms with Crippen molar-refractivity contribution in [3.05, 3.63) is 29.3 Å². The van der Waals surface area contributed by atoms with Crippen molar-refractivity contribution in [1.82, 2.24) is 0 Å². The Morgan fingerprint density at radius 1 is 1.53 bits per heavy atom. The molecule has 3 heteroatoms. The summed E-state index contributed by atoms with van der Waals surface area (Å²) in [6.07, 6.45) is 4.30. The summed E-state index contributed by atoms with van der Waals surface area (Å²) in [5.41, 5.74) is 2.63. The first kappa shape index (κ1) is 10.8. The molecule has 0 saturated heterocycles. The molecule has 82 valence electrons. The van der Waals surface area contributed by atoms with Gasteiger partial charge in [0.15, 0.2) is 0 Å². The van der Waals surface area contributed by atoms with E-state index in [1.807, 2.05) is 6.26 Å². The van der Waals surface area contributed by atoms with E-state index in [2.05, 4.69) is 25.1 Å². The molecule has 1 unspecified atom stereocenters. The predicted octanol–water partition coefficient (Wildman–Crippen LogP) is 2.98. The molecule has 0 aliphatic carbocycles. The first-order valence-corrected chi connectivity index (χ1v) is 6.36. The summed E-state index contributed by atoms with van der Waals surface area (Å²) >= 11 is 1.40. The molecule has 2 nitrogen and oxygen atoms in total. The summed E-state index contributed by atoms with van der Waals surface area (Å²) in [6, 6.07) is 6.37. The third-order valence-electron chi connectivity index (χ3n) is 2.62. The largest absolute Gasteiger partial charge is 0.488 e. The van der Waals surface area contributed by atoms with Gasteiger partial charge in [-0.05, 0) is 43.4 Å². The van der Waals surface area contributed by atoms with Gasteiger partial charge in [-0.25, -0.2) is 0 Å². The van der Waals surface area contributed by atoms with Gasteiger partial charge in [0.1, 0.15) is 11.9 Å². The van der Waals surface area contributed by atoms with E-state index >= 15 is 0 Å². The third-order valence-corrected chi connectivity index (χ3v) is 2.99. The quantitative estimate of drug-likeness (QED) is 0.735. The minimum atomic E-state index is 0.215. The predicted molar refractivity (Wildman–Crippen MR) is 63.4 cm³/mol. The van der Waals surface area contributed by atoms with Gasteiger partial charge in [0, 0.05) is 6.26 Å². The molecule has 0 amide bonds. The lowest BCUT2D eigenvalue weighted by Crippen LogP contribution is -2.26. The summed E-state index contributed by atoms with van der Waals surface area (Å²) in [5, 5.41) is 0. The summed E-state index contributed by atoms with van der Waals surface area (Å²) in [4.78, 5) is 0. The first-order chi connectivity index (χ1) is 7.29. The van der Waals surface area contributed by atoms with Gasteiger partial charge in [0.2, 0.25) is 0 Å². The van der Waals surface area contributed by atoms with Crippen LogP contribution in [0.5, 0.6) is 5.75 Å². The number of fused-ring (bicyclic) bond motifs is 1. The van der Waals surface area contributed by atoms with Gasteiger partial charge in [-0.15, -0.1) is 0 Å². The number of rotatable bonds is 3. The molecule has 0 radical (unpaired) electrons. The molecule has 1 aliphatic rings. The molecular formula is C12H16O2S. The van der Waals surface area contributed by atoms with E-state index in [0.29, 0.717) is 6.61 Å². The summed E-state index contributed by atoms with van der Waals surface area (Å²) in [5.74, 6) is 1.03. The molecule has 15 heavy (non-hydrogen) atoms. The fourth-order valence-electron chi connectivity index (χ4n) is 1.83. The van der Waals surface area contributed by atoms with Crippen molar-refractivity contribution in [2.24, 2.45) is 0 Å². The summed E-state index contributed by atoms with van der Waals surface area (Å²) < 4.78 is 11.2. The Bertz CT molecular complexity index is 338. The summed E-state index contributed by atoms with van der Waals surface area (Å²) in [6.45, 7) is 2.79. The highest BCUT2D eigenvalue weighted by Gasteiger charge is 2.19. The maximum atomic E-state index is 5.85. The van der Waals surface area contributed by atoms with Crippen molar-refractivity contribution in [3.63, 3.8) is 0 Å². The zero-order valence-corrected chi connectivity index (χ0v) is 9.97. The van der Waals surface area contributed by atoms with Gasteiger partial charge in [0.05, 0.1) is 6.61 Å². The second-order valence-electron chi connectivity index (χ2n) is 3.84. The van der Waals surface area contributed by atoms with Gasteiger partial charge < -0.3 is 8.92 Å². The fourth-order valence-corrected chi connectivity index (χ4v) is 2.12. The first-order valence-electron chi connectivity index (χ1n) is 5.21. The van der Waals surface area contributed by atoms with Crippen LogP contribution in [0.3, 0.4) is 0 Å². The second kappa shape index (κ2) is 4.90. The Hall–Kier alpha value is -0.670. The molecular weight excluding hydrogens is 208 g/mol. The third kappa shape index (κ3) is 2.67. The number of hydrogen-bond donors (Lipinski definition) is 0. The molecule has 1 atom stereocenters. The van der Waals surface area contributed by atoms with Crippen LogP contribution >= 0.6 is 12.0 Å². The Kier molecular flexibility index (Phi) is 3.54. The fraction of sp³-hybridized carbons (Fsp3) is 0.500. The van der Waals surface area contributed by atoms with Crippen LogP contribution in [0.2, 0.25) is 0 Å². The van der Waals surface area contributed by atoms with Crippen LogP contribution in [-0.4, -0.2) is 19.0 Å². The average Bonchev–Trinajstić information content (AvgIpc) is 2.26. The van der Waals surface area contributed by atoms with Gasteiger partial charge in [-0.1, -0.05) is 17.7 Å². The van der Waals surface area contributed by atoms with Crippen LogP contribution in [0.1, 0.15) is 17.5 Å². The second-order valence-corrected chi connectivity index (χ2v) is 4.41. The zero-order valence-electron chi connectivity index (χ0n) is 9.16. The molecule has 0 fully saturated rings. The Morgan fingerprint density at radius 2 is 2.40 bits per heavy atom. The highest BCUT2D eigenvalue weighted by molar-refractivity contribution is 7.93. The maximum Gasteiger partial charge on any atom is 0.124 e. The Labute approximate surface area is 95.2 Å². The summed E-state index contributed by atoms with van der Waals surface area (Å²) in [7, 11) is 0. The van der Waals surface area contributed by atoms with Crippen molar-refractivity contribution in [1.29, 1.82) is 0 Å². The molecule has 1 heterocycles. The molecule has 1 aromatic rings. The van der Waals surface area contributed by atoms with E-state index < -0.39 is 0 Å². The van der Waals surface area contributed by atoms with Crippen molar-refractivity contribution < 1.29 is 8.92 Å². The normalized spacial score (nSPS) is 19.5. The van der Waals surface area contributed by atoms with Crippen LogP contribution < -0.4 is 4.74 Å². The Morgan fingerprint density at radius 3 is 3.20 bits per heavy atom. The topological polar surface area (TPSA) is 18.5 Å². The van der Waals surface area contributed by atoms with Gasteiger partial charge >= 0.3 is 0 Å². The van der Waals surface area contributed by atoms with Crippen LogP contribution in [0.15, 0.2) is 18.2 Å². The standard InChI is InChI=1S/C12H16O2S/c1-9-3-6-12-10(7-9)4-5-11(14-12)8-13-15-2/h3,6-7,11H,4-5,8H2,1-2H3. The van der Waals surface area contributed by atoms with Gasteiger partial charge in [-0.2, -0.15) is 0 Å². The minimum Gasteiger partial charge on any atom is -0.488 e. The molecule has 1 aliphatic heterocycles. The highest BCUT2D eigenvalue weighted by atomic mass is 32.2. The van der Waals surface area contributed by atoms with Gasteiger partial charge in [0.25, 0.3) is 0 Å². The van der Waals surface area contributed by atoms with E-state index in [1.165, 1.54) is 23.2 Å². The molecule has 0 spiro atoms. The van der Waals surface area contributed by atoms with Crippen LogP contribution in [0.25, 0.3) is 0 Å². The monoisotopic (exact) mass is 224 g/mol. The molecule has 0 aromatic heterocycles. The average molecular weight is 224 g/mol. The van der Waals surface area contributed by atoms with Crippen LogP contribution in [-0.2, 0) is 10.6 Å². The lowest BCUT2D eigenvalue weighted by Gasteiger charge is -2.25. The van der Waals surface area contributed by atoms with Gasteiger partial charge in [-0.3, -0.25) is 0 Å². The molecule has 2 rings (SSSR count). The van der Waals surface area contributed by atoms with Crippen LogP contribution in [0.4, 0.5) is 0 Å². The van der Waals surface area contributed by atoms with E-state index in [1.54, 1.807) is 0 Å². The zero-order chi connectivity index (χ0) is 10.7. The number of benzene rings is 1. The van der Waals surface area contributed by atoms with Crippen molar-refractivity contribution in [3.8, 4) is 5.75 Å². The smallest absolute Gasteiger partial charge is 0.124 e. The highest BCUT2D eigenvalue weighted by Crippen LogP contribution is 2.28. The molecule has 0 saturated carbocycles. The number of aryl methyl sites for hydroxylation is 2. The van der Waals surface area contributed by atoms with Crippen molar-refractivity contribution >= 4 is 12.0 Å². The lowest BCUT2D eigenvalue weighted by atomic mass is 10.0. The maximum absolute atomic E-state index is 5.85. The van der Waals surface area contributed by atoms with E-state index in [9.17, 15) is 0 Å². The van der Waals surface area contributed by atoms with Crippen molar-refractivity contribution in [2.45, 2.75) is 25.9 Å². The molecule has 0 N–H and O–H groups in total. The minimum absolute atomic E-state index is 0.215. The van der Waals surface area contributed by atoms with Crippen LogP contribution in [0, 0.1) is 6.92 Å². The van der Waals surface area contributed by atoms with E-state index in [0.717, 1.165) is 18.6 Å². The van der Waals surface area contributed by atoms with Crippen molar-refractivity contribution in [2.75, 3.05) is 12.9 Å². The SMILES string of the molecule is CSOCC1CCc2cc(C)ccc2O1. The number of ether oxygens (including phenoxy) is 1. The molecule has 1 aromatic carbocycles. The molecule has 0 bridgehead atoms.